The lowest BCUT2D eigenvalue weighted by atomic mass is 10.1. The Balaban J connectivity index is 1.70. The van der Waals surface area contributed by atoms with Crippen molar-refractivity contribution in [3.05, 3.63) is 29.8 Å². The zero-order valence-corrected chi connectivity index (χ0v) is 16.0. The molecule has 4 N–H and O–H groups in total. The first-order chi connectivity index (χ1) is 13.5. The average Bonchev–Trinajstić information content (AvgIpc) is 2.69. The van der Waals surface area contributed by atoms with Crippen LogP contribution in [-0.4, -0.2) is 55.2 Å². The van der Waals surface area contributed by atoms with E-state index >= 15 is 0 Å². The van der Waals surface area contributed by atoms with E-state index in [0.29, 0.717) is 24.2 Å². The standard InChI is InChI=1S/C20H29N3O5/c24-18(14-28-17-8-11-21-12-9-17)23-16-6-4-5-15(13-16)20(27)22-10-3-1-2-7-19(25)26/h4-6,13,17,21H,1-3,7-12,14H2,(H,22,27)(H,23,24)(H,25,26). The summed E-state index contributed by atoms with van der Waals surface area (Å²) >= 11 is 0. The maximum absolute atomic E-state index is 12.2. The molecule has 154 valence electrons. The van der Waals surface area contributed by atoms with Gasteiger partial charge in [0.05, 0.1) is 6.10 Å². The van der Waals surface area contributed by atoms with Gasteiger partial charge in [0.1, 0.15) is 6.61 Å². The van der Waals surface area contributed by atoms with E-state index in [4.69, 9.17) is 9.84 Å². The van der Waals surface area contributed by atoms with Gasteiger partial charge in [-0.2, -0.15) is 0 Å². The Morgan fingerprint density at radius 2 is 1.93 bits per heavy atom. The van der Waals surface area contributed by atoms with E-state index in [9.17, 15) is 14.4 Å². The van der Waals surface area contributed by atoms with E-state index in [2.05, 4.69) is 16.0 Å². The molecule has 0 bridgehead atoms. The third-order valence-corrected chi connectivity index (χ3v) is 4.50. The van der Waals surface area contributed by atoms with Crippen LogP contribution in [0.15, 0.2) is 24.3 Å². The number of anilines is 1. The molecule has 1 aliphatic rings. The highest BCUT2D eigenvalue weighted by Gasteiger charge is 2.15. The number of carboxylic acid groups (broad SMARTS) is 1. The third-order valence-electron chi connectivity index (χ3n) is 4.50. The minimum Gasteiger partial charge on any atom is -0.481 e. The molecule has 1 aromatic carbocycles. The first kappa shape index (κ1) is 21.8. The monoisotopic (exact) mass is 391 g/mol. The van der Waals surface area contributed by atoms with Crippen LogP contribution < -0.4 is 16.0 Å². The van der Waals surface area contributed by atoms with E-state index in [1.165, 1.54) is 0 Å². The lowest BCUT2D eigenvalue weighted by molar-refractivity contribution is -0.137. The molecule has 0 unspecified atom stereocenters. The zero-order chi connectivity index (χ0) is 20.2. The van der Waals surface area contributed by atoms with Gasteiger partial charge in [-0.25, -0.2) is 0 Å². The Labute approximate surface area is 165 Å². The molecule has 0 spiro atoms. The summed E-state index contributed by atoms with van der Waals surface area (Å²) in [6, 6.07) is 6.75. The lowest BCUT2D eigenvalue weighted by Crippen LogP contribution is -2.34. The number of carbonyl (C=O) groups excluding carboxylic acids is 2. The molecule has 8 nitrogen and oxygen atoms in total. The van der Waals surface area contributed by atoms with Crippen molar-refractivity contribution in [1.29, 1.82) is 0 Å². The molecule has 0 saturated carbocycles. The number of hydrogen-bond donors (Lipinski definition) is 4. The Bertz CT molecular complexity index is 659. The van der Waals surface area contributed by atoms with Crippen molar-refractivity contribution in [2.75, 3.05) is 31.6 Å². The number of amides is 2. The van der Waals surface area contributed by atoms with Crippen molar-refractivity contribution in [3.8, 4) is 0 Å². The Hall–Kier alpha value is -2.45. The van der Waals surface area contributed by atoms with Crippen molar-refractivity contribution >= 4 is 23.5 Å². The predicted octanol–water partition coefficient (Wildman–Crippen LogP) is 1.77. The molecular weight excluding hydrogens is 362 g/mol. The number of carboxylic acids is 1. The van der Waals surface area contributed by atoms with Gasteiger partial charge in [-0.05, 0) is 57.0 Å². The number of rotatable bonds is 11. The molecular formula is C20H29N3O5. The molecule has 1 aromatic rings. The SMILES string of the molecule is O=C(O)CCCCCNC(=O)c1cccc(NC(=O)COC2CCNCC2)c1. The second-order valence-corrected chi connectivity index (χ2v) is 6.85. The molecule has 1 aliphatic heterocycles. The molecule has 0 atom stereocenters. The van der Waals surface area contributed by atoms with E-state index in [0.717, 1.165) is 38.8 Å². The number of ether oxygens (including phenoxy) is 1. The molecule has 2 rings (SSSR count). The highest BCUT2D eigenvalue weighted by Crippen LogP contribution is 2.12. The van der Waals surface area contributed by atoms with Crippen molar-refractivity contribution in [3.63, 3.8) is 0 Å². The molecule has 0 aliphatic carbocycles. The summed E-state index contributed by atoms with van der Waals surface area (Å²) in [5.41, 5.74) is 1.01. The second kappa shape index (κ2) is 12.1. The lowest BCUT2D eigenvalue weighted by Gasteiger charge is -2.22. The van der Waals surface area contributed by atoms with Crippen LogP contribution in [0, 0.1) is 0 Å². The van der Waals surface area contributed by atoms with E-state index in [-0.39, 0.29) is 30.9 Å². The van der Waals surface area contributed by atoms with Crippen molar-refractivity contribution in [2.45, 2.75) is 44.6 Å². The molecule has 0 aromatic heterocycles. The summed E-state index contributed by atoms with van der Waals surface area (Å²) in [7, 11) is 0. The molecule has 1 fully saturated rings. The Kier molecular flexibility index (Phi) is 9.44. The number of hydrogen-bond acceptors (Lipinski definition) is 5. The van der Waals surface area contributed by atoms with Gasteiger partial charge in [0, 0.05) is 24.2 Å². The summed E-state index contributed by atoms with van der Waals surface area (Å²) < 4.78 is 5.63. The van der Waals surface area contributed by atoms with Crippen molar-refractivity contribution < 1.29 is 24.2 Å². The van der Waals surface area contributed by atoms with Crippen LogP contribution in [0.4, 0.5) is 5.69 Å². The molecule has 0 radical (unpaired) electrons. The van der Waals surface area contributed by atoms with Gasteiger partial charge in [-0.1, -0.05) is 12.5 Å². The fraction of sp³-hybridized carbons (Fsp3) is 0.550. The minimum absolute atomic E-state index is 0.00255. The molecule has 1 heterocycles. The predicted molar refractivity (Wildman–Crippen MR) is 105 cm³/mol. The largest absolute Gasteiger partial charge is 0.481 e. The highest BCUT2D eigenvalue weighted by atomic mass is 16.5. The van der Waals surface area contributed by atoms with Crippen molar-refractivity contribution in [2.24, 2.45) is 0 Å². The third kappa shape index (κ3) is 8.49. The van der Waals surface area contributed by atoms with Gasteiger partial charge in [0.25, 0.3) is 5.91 Å². The summed E-state index contributed by atoms with van der Waals surface area (Å²) in [5.74, 6) is -1.26. The van der Waals surface area contributed by atoms with E-state index in [1.54, 1.807) is 24.3 Å². The van der Waals surface area contributed by atoms with E-state index < -0.39 is 5.97 Å². The molecule has 8 heteroatoms. The second-order valence-electron chi connectivity index (χ2n) is 6.85. The smallest absolute Gasteiger partial charge is 0.303 e. The first-order valence-corrected chi connectivity index (χ1v) is 9.77. The van der Waals surface area contributed by atoms with Crippen LogP contribution >= 0.6 is 0 Å². The highest BCUT2D eigenvalue weighted by molar-refractivity contribution is 5.97. The fourth-order valence-corrected chi connectivity index (χ4v) is 2.97. The normalized spacial score (nSPS) is 14.4. The summed E-state index contributed by atoms with van der Waals surface area (Å²) in [4.78, 5) is 34.7. The maximum Gasteiger partial charge on any atom is 0.303 e. The van der Waals surface area contributed by atoms with Gasteiger partial charge in [-0.3, -0.25) is 14.4 Å². The summed E-state index contributed by atoms with van der Waals surface area (Å²) in [6.45, 7) is 2.29. The molecule has 1 saturated heterocycles. The maximum atomic E-state index is 12.2. The van der Waals surface area contributed by atoms with Gasteiger partial charge in [-0.15, -0.1) is 0 Å². The van der Waals surface area contributed by atoms with Crippen LogP contribution in [0.1, 0.15) is 48.9 Å². The topological polar surface area (TPSA) is 117 Å². The average molecular weight is 391 g/mol. The van der Waals surface area contributed by atoms with Gasteiger partial charge in [0.2, 0.25) is 5.91 Å². The quantitative estimate of drug-likeness (QED) is 0.427. The van der Waals surface area contributed by atoms with Crippen LogP contribution in [0.25, 0.3) is 0 Å². The first-order valence-electron chi connectivity index (χ1n) is 9.77. The number of carbonyl (C=O) groups is 3. The fourth-order valence-electron chi connectivity index (χ4n) is 2.97. The van der Waals surface area contributed by atoms with Crippen LogP contribution in [-0.2, 0) is 14.3 Å². The Morgan fingerprint density at radius 3 is 2.68 bits per heavy atom. The molecule has 2 amide bonds. The number of aliphatic carboxylic acids is 1. The van der Waals surface area contributed by atoms with Crippen LogP contribution in [0.5, 0.6) is 0 Å². The van der Waals surface area contributed by atoms with Gasteiger partial charge in [0.15, 0.2) is 0 Å². The van der Waals surface area contributed by atoms with Crippen molar-refractivity contribution in [1.82, 2.24) is 10.6 Å². The van der Waals surface area contributed by atoms with E-state index in [1.807, 2.05) is 0 Å². The van der Waals surface area contributed by atoms with Gasteiger partial charge < -0.3 is 25.8 Å². The number of benzene rings is 1. The van der Waals surface area contributed by atoms with Gasteiger partial charge >= 0.3 is 5.97 Å². The number of unbranched alkanes of at least 4 members (excludes halogenated alkanes) is 2. The van der Waals surface area contributed by atoms with Crippen LogP contribution in [0.2, 0.25) is 0 Å². The molecule has 28 heavy (non-hydrogen) atoms. The summed E-state index contributed by atoms with van der Waals surface area (Å²) in [5, 5.41) is 17.4. The number of nitrogens with one attached hydrogen (secondary N) is 3. The summed E-state index contributed by atoms with van der Waals surface area (Å²) in [6.07, 6.45) is 4.14. The zero-order valence-electron chi connectivity index (χ0n) is 16.0. The number of piperidine rings is 1. The Morgan fingerprint density at radius 1 is 1.14 bits per heavy atom. The van der Waals surface area contributed by atoms with Crippen LogP contribution in [0.3, 0.4) is 0 Å². The minimum atomic E-state index is -0.802.